The topological polar surface area (TPSA) is 29.1 Å². The molecule has 2 rings (SSSR count). The Hall–Kier alpha value is -2.09. The summed E-state index contributed by atoms with van der Waals surface area (Å²) in [6, 6.07) is 14.0. The molecule has 0 aliphatic heterocycles. The molecular weight excluding hydrogens is 246 g/mol. The van der Waals surface area contributed by atoms with E-state index in [0.717, 1.165) is 11.1 Å². The third-order valence-corrected chi connectivity index (χ3v) is 3.64. The number of hydrogen-bond donors (Lipinski definition) is 1. The van der Waals surface area contributed by atoms with Crippen molar-refractivity contribution < 1.29 is 4.79 Å². The maximum atomic E-state index is 12.3. The number of carbonyl (C=O) groups excluding carboxylic acids is 1. The van der Waals surface area contributed by atoms with Crippen LogP contribution in [0.25, 0.3) is 0 Å². The molecule has 0 saturated heterocycles. The van der Waals surface area contributed by atoms with Crippen molar-refractivity contribution >= 4 is 5.91 Å². The van der Waals surface area contributed by atoms with Gasteiger partial charge in [-0.05, 0) is 50.5 Å². The SMILES string of the molecule is Cc1ccc(C)c(C(C)NC(=O)c2ccccc2C)c1. The van der Waals surface area contributed by atoms with Gasteiger partial charge in [0.1, 0.15) is 0 Å². The minimum absolute atomic E-state index is 0.00186. The standard InChI is InChI=1S/C18H21NO/c1-12-9-10-14(3)17(11-12)15(4)19-18(20)16-8-6-5-7-13(16)2/h5-11,15H,1-4H3,(H,19,20). The molecule has 0 bridgehead atoms. The highest BCUT2D eigenvalue weighted by Gasteiger charge is 2.14. The maximum absolute atomic E-state index is 12.3. The van der Waals surface area contributed by atoms with E-state index in [-0.39, 0.29) is 11.9 Å². The highest BCUT2D eigenvalue weighted by Crippen LogP contribution is 2.19. The predicted octanol–water partition coefficient (Wildman–Crippen LogP) is 4.10. The fraction of sp³-hybridized carbons (Fsp3) is 0.278. The summed E-state index contributed by atoms with van der Waals surface area (Å²) in [7, 11) is 0. The second-order valence-corrected chi connectivity index (χ2v) is 5.37. The zero-order chi connectivity index (χ0) is 14.7. The van der Waals surface area contributed by atoms with Crippen molar-refractivity contribution in [2.24, 2.45) is 0 Å². The second kappa shape index (κ2) is 5.91. The van der Waals surface area contributed by atoms with Crippen molar-refractivity contribution in [1.82, 2.24) is 5.32 Å². The van der Waals surface area contributed by atoms with E-state index >= 15 is 0 Å². The molecule has 0 aromatic heterocycles. The van der Waals surface area contributed by atoms with Gasteiger partial charge in [0.25, 0.3) is 5.91 Å². The quantitative estimate of drug-likeness (QED) is 0.891. The van der Waals surface area contributed by atoms with E-state index in [9.17, 15) is 4.79 Å². The first kappa shape index (κ1) is 14.3. The van der Waals surface area contributed by atoms with Crippen LogP contribution in [-0.4, -0.2) is 5.91 Å². The lowest BCUT2D eigenvalue weighted by Crippen LogP contribution is -2.27. The Morgan fingerprint density at radius 3 is 2.40 bits per heavy atom. The van der Waals surface area contributed by atoms with E-state index in [1.807, 2.05) is 38.1 Å². The Labute approximate surface area is 120 Å². The highest BCUT2D eigenvalue weighted by molar-refractivity contribution is 5.95. The van der Waals surface area contributed by atoms with Gasteiger partial charge in [-0.15, -0.1) is 0 Å². The Balaban J connectivity index is 2.19. The minimum atomic E-state index is -0.0171. The predicted molar refractivity (Wildman–Crippen MR) is 83.0 cm³/mol. The molecule has 1 amide bonds. The van der Waals surface area contributed by atoms with Gasteiger partial charge in [0.15, 0.2) is 0 Å². The molecular formula is C18H21NO. The number of amides is 1. The summed E-state index contributed by atoms with van der Waals surface area (Å²) in [5, 5.41) is 3.08. The molecule has 0 aliphatic carbocycles. The molecule has 2 aromatic carbocycles. The van der Waals surface area contributed by atoms with Gasteiger partial charge in [-0.1, -0.05) is 42.0 Å². The molecule has 1 atom stereocenters. The maximum Gasteiger partial charge on any atom is 0.252 e. The molecule has 0 spiro atoms. The van der Waals surface area contributed by atoms with E-state index in [2.05, 4.69) is 37.4 Å². The van der Waals surface area contributed by atoms with Crippen LogP contribution in [0, 0.1) is 20.8 Å². The first-order chi connectivity index (χ1) is 9.49. The van der Waals surface area contributed by atoms with Crippen LogP contribution in [0.5, 0.6) is 0 Å². The summed E-state index contributed by atoms with van der Waals surface area (Å²) in [4.78, 5) is 12.3. The first-order valence-electron chi connectivity index (χ1n) is 6.92. The molecule has 0 saturated carbocycles. The van der Waals surface area contributed by atoms with E-state index in [1.54, 1.807) is 0 Å². The Morgan fingerprint density at radius 1 is 1.00 bits per heavy atom. The molecule has 2 nitrogen and oxygen atoms in total. The smallest absolute Gasteiger partial charge is 0.252 e. The van der Waals surface area contributed by atoms with Crippen LogP contribution in [0.15, 0.2) is 42.5 Å². The third-order valence-electron chi connectivity index (χ3n) is 3.64. The second-order valence-electron chi connectivity index (χ2n) is 5.37. The van der Waals surface area contributed by atoms with Gasteiger partial charge < -0.3 is 5.32 Å². The fourth-order valence-corrected chi connectivity index (χ4v) is 2.41. The van der Waals surface area contributed by atoms with Crippen molar-refractivity contribution in [3.05, 3.63) is 70.3 Å². The van der Waals surface area contributed by atoms with Crippen LogP contribution in [-0.2, 0) is 0 Å². The lowest BCUT2D eigenvalue weighted by atomic mass is 9.99. The summed E-state index contributed by atoms with van der Waals surface area (Å²) < 4.78 is 0. The van der Waals surface area contributed by atoms with Crippen LogP contribution in [0.2, 0.25) is 0 Å². The van der Waals surface area contributed by atoms with Gasteiger partial charge in [0.2, 0.25) is 0 Å². The molecule has 20 heavy (non-hydrogen) atoms. The summed E-state index contributed by atoms with van der Waals surface area (Å²) in [6.45, 7) is 8.12. The summed E-state index contributed by atoms with van der Waals surface area (Å²) >= 11 is 0. The lowest BCUT2D eigenvalue weighted by Gasteiger charge is -2.18. The van der Waals surface area contributed by atoms with Crippen molar-refractivity contribution in [3.63, 3.8) is 0 Å². The van der Waals surface area contributed by atoms with Crippen LogP contribution in [0.1, 0.15) is 45.6 Å². The van der Waals surface area contributed by atoms with E-state index < -0.39 is 0 Å². The lowest BCUT2D eigenvalue weighted by molar-refractivity contribution is 0.0939. The van der Waals surface area contributed by atoms with Crippen LogP contribution in [0.4, 0.5) is 0 Å². The molecule has 1 unspecified atom stereocenters. The Bertz CT molecular complexity index is 631. The zero-order valence-electron chi connectivity index (χ0n) is 12.5. The minimum Gasteiger partial charge on any atom is -0.345 e. The molecule has 0 aliphatic rings. The van der Waals surface area contributed by atoms with Crippen LogP contribution in [0.3, 0.4) is 0 Å². The number of aryl methyl sites for hydroxylation is 3. The van der Waals surface area contributed by atoms with Crippen LogP contribution < -0.4 is 5.32 Å². The molecule has 104 valence electrons. The average molecular weight is 267 g/mol. The number of rotatable bonds is 3. The molecule has 0 fully saturated rings. The fourth-order valence-electron chi connectivity index (χ4n) is 2.41. The van der Waals surface area contributed by atoms with Crippen molar-refractivity contribution in [1.29, 1.82) is 0 Å². The van der Waals surface area contributed by atoms with Crippen molar-refractivity contribution in [2.75, 3.05) is 0 Å². The van der Waals surface area contributed by atoms with E-state index in [4.69, 9.17) is 0 Å². The Kier molecular flexibility index (Phi) is 4.23. The van der Waals surface area contributed by atoms with Gasteiger partial charge in [-0.25, -0.2) is 0 Å². The van der Waals surface area contributed by atoms with Gasteiger partial charge in [-0.2, -0.15) is 0 Å². The van der Waals surface area contributed by atoms with E-state index in [1.165, 1.54) is 16.7 Å². The normalized spacial score (nSPS) is 12.0. The van der Waals surface area contributed by atoms with Gasteiger partial charge in [0, 0.05) is 5.56 Å². The summed E-state index contributed by atoms with van der Waals surface area (Å²) in [5.41, 5.74) is 5.32. The van der Waals surface area contributed by atoms with Gasteiger partial charge in [-0.3, -0.25) is 4.79 Å². The summed E-state index contributed by atoms with van der Waals surface area (Å²) in [6.07, 6.45) is 0. The number of hydrogen-bond acceptors (Lipinski definition) is 1. The van der Waals surface area contributed by atoms with Gasteiger partial charge in [0.05, 0.1) is 6.04 Å². The Morgan fingerprint density at radius 2 is 1.70 bits per heavy atom. The zero-order valence-corrected chi connectivity index (χ0v) is 12.5. The number of nitrogens with one attached hydrogen (secondary N) is 1. The molecule has 2 heteroatoms. The average Bonchev–Trinajstić information content (AvgIpc) is 2.41. The van der Waals surface area contributed by atoms with Gasteiger partial charge >= 0.3 is 0 Å². The molecule has 1 N–H and O–H groups in total. The third kappa shape index (κ3) is 3.08. The summed E-state index contributed by atoms with van der Waals surface area (Å²) in [5.74, 6) is -0.0171. The van der Waals surface area contributed by atoms with Crippen LogP contribution >= 0.6 is 0 Å². The molecule has 0 radical (unpaired) electrons. The largest absolute Gasteiger partial charge is 0.345 e. The van der Waals surface area contributed by atoms with Crippen molar-refractivity contribution in [2.45, 2.75) is 33.7 Å². The number of benzene rings is 2. The van der Waals surface area contributed by atoms with E-state index in [0.29, 0.717) is 0 Å². The monoisotopic (exact) mass is 267 g/mol. The molecule has 0 heterocycles. The number of carbonyl (C=O) groups is 1. The van der Waals surface area contributed by atoms with Crippen molar-refractivity contribution in [3.8, 4) is 0 Å². The molecule has 2 aromatic rings. The highest BCUT2D eigenvalue weighted by atomic mass is 16.1. The first-order valence-corrected chi connectivity index (χ1v) is 6.92.